The fourth-order valence-corrected chi connectivity index (χ4v) is 14.2. The van der Waals surface area contributed by atoms with Crippen molar-refractivity contribution in [1.29, 1.82) is 0 Å². The summed E-state index contributed by atoms with van der Waals surface area (Å²) in [6.07, 6.45) is 0. The van der Waals surface area contributed by atoms with E-state index in [0.717, 1.165) is 12.1 Å². The van der Waals surface area contributed by atoms with Gasteiger partial charge in [0.2, 0.25) is 0 Å². The average Bonchev–Trinajstić information content (AvgIpc) is 2.30. The van der Waals surface area contributed by atoms with E-state index in [1.54, 1.807) is 0 Å². The molecule has 0 spiro atoms. The molecule has 10 heavy (non-hydrogen) atoms. The first-order valence-electron chi connectivity index (χ1n) is 3.58. The van der Waals surface area contributed by atoms with Gasteiger partial charge in [-0.3, -0.25) is 0 Å². The Bertz CT molecular complexity index is 128. The molecular formula is C4H12O3PSi2+. The lowest BCUT2D eigenvalue weighted by atomic mass is 11.0. The predicted molar refractivity (Wildman–Crippen MR) is 45.0 cm³/mol. The van der Waals surface area contributed by atoms with Crippen LogP contribution in [0.1, 0.15) is 13.8 Å². The molecule has 0 saturated carbocycles. The Balaban J connectivity index is 2.48. The first kappa shape index (κ1) is 8.55. The third-order valence-corrected chi connectivity index (χ3v) is 15.2. The molecule has 0 aromatic heterocycles. The van der Waals surface area contributed by atoms with Gasteiger partial charge in [-0.25, -0.2) is 0 Å². The summed E-state index contributed by atoms with van der Waals surface area (Å²) < 4.78 is 21.2. The zero-order chi connectivity index (χ0) is 7.56. The van der Waals surface area contributed by atoms with E-state index in [4.69, 9.17) is 8.43 Å². The average molecular weight is 195 g/mol. The van der Waals surface area contributed by atoms with E-state index in [9.17, 15) is 4.57 Å². The Morgan fingerprint density at radius 2 is 1.60 bits per heavy atom. The third-order valence-electron chi connectivity index (χ3n) is 1.66. The van der Waals surface area contributed by atoms with Gasteiger partial charge in [0, 0.05) is 4.57 Å². The van der Waals surface area contributed by atoms with Gasteiger partial charge >= 0.3 is 8.25 Å². The summed E-state index contributed by atoms with van der Waals surface area (Å²) in [6, 6.07) is 2.15. The second kappa shape index (κ2) is 3.73. The van der Waals surface area contributed by atoms with Crippen molar-refractivity contribution in [2.75, 3.05) is 0 Å². The summed E-state index contributed by atoms with van der Waals surface area (Å²) in [7, 11) is -3.88. The first-order valence-corrected chi connectivity index (χ1v) is 9.92. The summed E-state index contributed by atoms with van der Waals surface area (Å²) in [4.78, 5) is 0. The fourth-order valence-electron chi connectivity index (χ4n) is 1.06. The van der Waals surface area contributed by atoms with Crippen molar-refractivity contribution in [3.63, 3.8) is 0 Å². The quantitative estimate of drug-likeness (QED) is 0.491. The minimum Gasteiger partial charge on any atom is -0.181 e. The van der Waals surface area contributed by atoms with Crippen LogP contribution in [0.3, 0.4) is 0 Å². The van der Waals surface area contributed by atoms with E-state index in [2.05, 4.69) is 13.8 Å². The molecule has 0 bridgehead atoms. The maximum atomic E-state index is 10.8. The number of hydrogen-bond acceptors (Lipinski definition) is 3. The minimum atomic E-state index is -1.68. The van der Waals surface area contributed by atoms with Gasteiger partial charge in [-0.2, -0.15) is 8.43 Å². The van der Waals surface area contributed by atoms with Crippen LogP contribution in [-0.2, 0) is 13.0 Å². The van der Waals surface area contributed by atoms with Gasteiger partial charge in [0.1, 0.15) is 0 Å². The van der Waals surface area contributed by atoms with Gasteiger partial charge in [0.05, 0.1) is 0 Å². The lowest BCUT2D eigenvalue weighted by Crippen LogP contribution is -2.30. The van der Waals surface area contributed by atoms with Crippen LogP contribution in [0.25, 0.3) is 0 Å². The van der Waals surface area contributed by atoms with Gasteiger partial charge in [-0.1, -0.05) is 13.8 Å². The molecule has 0 aromatic carbocycles. The van der Waals surface area contributed by atoms with Crippen LogP contribution >= 0.6 is 8.25 Å². The van der Waals surface area contributed by atoms with Crippen molar-refractivity contribution < 1.29 is 13.0 Å². The molecular weight excluding hydrogens is 183 g/mol. The summed E-state index contributed by atoms with van der Waals surface area (Å²) in [5.74, 6) is 0. The second-order valence-electron chi connectivity index (χ2n) is 2.33. The molecule has 58 valence electrons. The van der Waals surface area contributed by atoms with Gasteiger partial charge in [-0.05, 0) is 12.1 Å². The van der Waals surface area contributed by atoms with Crippen LogP contribution < -0.4 is 0 Å². The lowest BCUT2D eigenvalue weighted by molar-refractivity contribution is 0.452. The molecule has 0 aliphatic carbocycles. The molecule has 0 aromatic rings. The third kappa shape index (κ3) is 1.73. The topological polar surface area (TPSA) is 35.5 Å². The molecule has 0 N–H and O–H groups in total. The molecule has 1 fully saturated rings. The molecule has 1 aliphatic heterocycles. The largest absolute Gasteiger partial charge is 0.672 e. The smallest absolute Gasteiger partial charge is 0.181 e. The second-order valence-corrected chi connectivity index (χ2v) is 12.7. The van der Waals surface area contributed by atoms with Crippen LogP contribution in [0, 0.1) is 0 Å². The molecule has 2 atom stereocenters. The highest BCUT2D eigenvalue weighted by Gasteiger charge is 2.47. The highest BCUT2D eigenvalue weighted by atomic mass is 31.1. The molecule has 6 heteroatoms. The SMILES string of the molecule is CC[SiH]1O[P+](=O)O[SiH]1CC. The van der Waals surface area contributed by atoms with E-state index in [-0.39, 0.29) is 0 Å². The van der Waals surface area contributed by atoms with Crippen molar-refractivity contribution in [2.45, 2.75) is 25.9 Å². The van der Waals surface area contributed by atoms with E-state index in [1.165, 1.54) is 0 Å². The molecule has 3 nitrogen and oxygen atoms in total. The molecule has 2 unspecified atom stereocenters. The molecule has 0 amide bonds. The van der Waals surface area contributed by atoms with Crippen LogP contribution in [0.15, 0.2) is 0 Å². The van der Waals surface area contributed by atoms with E-state index < -0.39 is 25.4 Å². The van der Waals surface area contributed by atoms with Crippen LogP contribution in [-0.4, -0.2) is 17.1 Å². The Morgan fingerprint density at radius 1 is 1.20 bits per heavy atom. The predicted octanol–water partition coefficient (Wildman–Crippen LogP) is 1.26. The van der Waals surface area contributed by atoms with Crippen molar-refractivity contribution in [2.24, 2.45) is 0 Å². The molecule has 1 heterocycles. The Hall–Kier alpha value is 0.454. The van der Waals surface area contributed by atoms with Crippen molar-refractivity contribution >= 4 is 25.4 Å². The van der Waals surface area contributed by atoms with Crippen LogP contribution in [0.2, 0.25) is 12.1 Å². The fraction of sp³-hybridized carbons (Fsp3) is 1.00. The monoisotopic (exact) mass is 195 g/mol. The number of rotatable bonds is 2. The van der Waals surface area contributed by atoms with Crippen LogP contribution in [0.4, 0.5) is 0 Å². The zero-order valence-corrected chi connectivity index (χ0v) is 9.44. The van der Waals surface area contributed by atoms with Crippen molar-refractivity contribution in [3.8, 4) is 0 Å². The van der Waals surface area contributed by atoms with Crippen LogP contribution in [0.5, 0.6) is 0 Å². The Labute approximate surface area is 64.9 Å². The first-order chi connectivity index (χ1) is 4.77. The van der Waals surface area contributed by atoms with E-state index in [1.807, 2.05) is 0 Å². The molecule has 0 radical (unpaired) electrons. The zero-order valence-electron chi connectivity index (χ0n) is 6.24. The summed E-state index contributed by atoms with van der Waals surface area (Å²) in [5.41, 5.74) is 0. The molecule has 1 saturated heterocycles. The Morgan fingerprint density at radius 3 is 1.90 bits per heavy atom. The van der Waals surface area contributed by atoms with Gasteiger partial charge in [0.15, 0.2) is 0 Å². The highest BCUT2D eigenvalue weighted by Crippen LogP contribution is 2.36. The van der Waals surface area contributed by atoms with Gasteiger partial charge < -0.3 is 0 Å². The Kier molecular flexibility index (Phi) is 3.19. The maximum Gasteiger partial charge on any atom is 0.672 e. The van der Waals surface area contributed by atoms with Gasteiger partial charge in [0.25, 0.3) is 17.1 Å². The summed E-state index contributed by atoms with van der Waals surface area (Å²) in [6.45, 7) is 4.20. The summed E-state index contributed by atoms with van der Waals surface area (Å²) in [5, 5.41) is 0. The number of hydrogen-bond donors (Lipinski definition) is 0. The maximum absolute atomic E-state index is 10.8. The lowest BCUT2D eigenvalue weighted by Gasteiger charge is -1.98. The highest BCUT2D eigenvalue weighted by molar-refractivity contribution is 7.46. The van der Waals surface area contributed by atoms with E-state index >= 15 is 0 Å². The van der Waals surface area contributed by atoms with Gasteiger partial charge in [-0.15, -0.1) is 0 Å². The van der Waals surface area contributed by atoms with Crippen molar-refractivity contribution in [3.05, 3.63) is 0 Å². The summed E-state index contributed by atoms with van der Waals surface area (Å²) >= 11 is 0. The normalized spacial score (nSPS) is 36.8. The van der Waals surface area contributed by atoms with Crippen molar-refractivity contribution in [1.82, 2.24) is 0 Å². The standard InChI is InChI=1S/C4H12O3PSi2/c1-3-9-6-8(5)7-10(9)4-2/h9-10H,3-4H2,1-2H3/q+1. The van der Waals surface area contributed by atoms with E-state index in [0.29, 0.717) is 0 Å². The minimum absolute atomic E-state index is 1.08. The molecule has 1 rings (SSSR count). The molecule has 1 aliphatic rings.